The Labute approximate surface area is 106 Å². The molecule has 1 unspecified atom stereocenters. The zero-order valence-electron chi connectivity index (χ0n) is 10.2. The maximum absolute atomic E-state index is 11.7. The highest BCUT2D eigenvalue weighted by molar-refractivity contribution is 5.78. The number of hydrogen-bond donors (Lipinski definition) is 3. The quantitative estimate of drug-likeness (QED) is 0.705. The molecule has 1 atom stereocenters. The molecule has 1 aliphatic rings. The van der Waals surface area contributed by atoms with E-state index in [0.717, 1.165) is 18.7 Å². The van der Waals surface area contributed by atoms with E-state index in [1.54, 1.807) is 18.2 Å². The van der Waals surface area contributed by atoms with Crippen LogP contribution in [0.15, 0.2) is 24.3 Å². The molecule has 5 heteroatoms. The van der Waals surface area contributed by atoms with Crippen LogP contribution >= 0.6 is 0 Å². The first kappa shape index (κ1) is 12.9. The average molecular weight is 250 g/mol. The summed E-state index contributed by atoms with van der Waals surface area (Å²) in [6.07, 6.45) is 0.280. The van der Waals surface area contributed by atoms with Gasteiger partial charge in [-0.15, -0.1) is 0 Å². The summed E-state index contributed by atoms with van der Waals surface area (Å²) in [6, 6.07) is 6.93. The van der Waals surface area contributed by atoms with Gasteiger partial charge in [0.15, 0.2) is 0 Å². The van der Waals surface area contributed by atoms with Crippen molar-refractivity contribution in [2.75, 3.05) is 26.3 Å². The summed E-state index contributed by atoms with van der Waals surface area (Å²) >= 11 is 0. The second kappa shape index (κ2) is 6.37. The minimum atomic E-state index is -0.0482. The van der Waals surface area contributed by atoms with Gasteiger partial charge < -0.3 is 20.5 Å². The summed E-state index contributed by atoms with van der Waals surface area (Å²) in [5.74, 6) is 0.135. The summed E-state index contributed by atoms with van der Waals surface area (Å²) in [4.78, 5) is 11.7. The molecule has 1 saturated heterocycles. The molecular formula is C13H18N2O3. The Kier molecular flexibility index (Phi) is 4.55. The topological polar surface area (TPSA) is 70.6 Å². The fourth-order valence-corrected chi connectivity index (χ4v) is 1.90. The first-order valence-corrected chi connectivity index (χ1v) is 6.10. The molecule has 1 fully saturated rings. The standard InChI is InChI=1S/C13H18N2O3/c16-12-3-1-2-10(6-12)7-13(17)15-8-11-9-18-5-4-14-11/h1-3,6,11,14,16H,4-5,7-9H2,(H,15,17). The summed E-state index contributed by atoms with van der Waals surface area (Å²) < 4.78 is 5.30. The number of nitrogens with one attached hydrogen (secondary N) is 2. The van der Waals surface area contributed by atoms with Crippen LogP contribution < -0.4 is 10.6 Å². The monoisotopic (exact) mass is 250 g/mol. The molecule has 0 spiro atoms. The number of amides is 1. The lowest BCUT2D eigenvalue weighted by atomic mass is 10.1. The summed E-state index contributed by atoms with van der Waals surface area (Å²) in [7, 11) is 0. The molecule has 0 bridgehead atoms. The number of rotatable bonds is 4. The highest BCUT2D eigenvalue weighted by Crippen LogP contribution is 2.11. The number of aromatic hydroxyl groups is 1. The normalized spacial score (nSPS) is 19.4. The van der Waals surface area contributed by atoms with Crippen molar-refractivity contribution in [3.63, 3.8) is 0 Å². The Bertz CT molecular complexity index is 403. The van der Waals surface area contributed by atoms with Crippen molar-refractivity contribution in [1.29, 1.82) is 0 Å². The predicted molar refractivity (Wildman–Crippen MR) is 67.4 cm³/mol. The molecule has 1 heterocycles. The SMILES string of the molecule is O=C(Cc1cccc(O)c1)NCC1COCCN1. The van der Waals surface area contributed by atoms with E-state index in [1.165, 1.54) is 0 Å². The molecule has 0 aromatic heterocycles. The number of ether oxygens (including phenoxy) is 1. The van der Waals surface area contributed by atoms with Gasteiger partial charge in [0.2, 0.25) is 5.91 Å². The molecule has 2 rings (SSSR count). The molecule has 0 saturated carbocycles. The van der Waals surface area contributed by atoms with Gasteiger partial charge in [-0.2, -0.15) is 0 Å². The van der Waals surface area contributed by atoms with E-state index in [-0.39, 0.29) is 24.1 Å². The van der Waals surface area contributed by atoms with Gasteiger partial charge in [0.1, 0.15) is 5.75 Å². The van der Waals surface area contributed by atoms with E-state index in [2.05, 4.69) is 10.6 Å². The lowest BCUT2D eigenvalue weighted by Crippen LogP contribution is -2.48. The number of morpholine rings is 1. The molecule has 98 valence electrons. The van der Waals surface area contributed by atoms with Crippen molar-refractivity contribution in [3.05, 3.63) is 29.8 Å². The van der Waals surface area contributed by atoms with E-state index in [9.17, 15) is 9.90 Å². The number of phenolic OH excluding ortho intramolecular Hbond substituents is 1. The molecule has 1 aliphatic heterocycles. The van der Waals surface area contributed by atoms with Crippen molar-refractivity contribution in [2.45, 2.75) is 12.5 Å². The molecule has 1 amide bonds. The molecule has 18 heavy (non-hydrogen) atoms. The molecule has 3 N–H and O–H groups in total. The summed E-state index contributed by atoms with van der Waals surface area (Å²) in [6.45, 7) is 2.75. The Morgan fingerprint density at radius 3 is 3.17 bits per heavy atom. The van der Waals surface area contributed by atoms with E-state index in [0.29, 0.717) is 13.2 Å². The van der Waals surface area contributed by atoms with Gasteiger partial charge in [-0.1, -0.05) is 12.1 Å². The number of carbonyl (C=O) groups is 1. The zero-order chi connectivity index (χ0) is 12.8. The zero-order valence-corrected chi connectivity index (χ0v) is 10.2. The van der Waals surface area contributed by atoms with Gasteiger partial charge in [0.05, 0.1) is 19.6 Å². The van der Waals surface area contributed by atoms with E-state index in [4.69, 9.17) is 4.74 Å². The maximum atomic E-state index is 11.7. The largest absolute Gasteiger partial charge is 0.508 e. The van der Waals surface area contributed by atoms with Gasteiger partial charge in [0, 0.05) is 19.1 Å². The van der Waals surface area contributed by atoms with Crippen molar-refractivity contribution >= 4 is 5.91 Å². The van der Waals surface area contributed by atoms with Gasteiger partial charge in [-0.25, -0.2) is 0 Å². The van der Waals surface area contributed by atoms with E-state index >= 15 is 0 Å². The van der Waals surface area contributed by atoms with Crippen LogP contribution in [-0.2, 0) is 16.0 Å². The van der Waals surface area contributed by atoms with Crippen LogP contribution in [0, 0.1) is 0 Å². The van der Waals surface area contributed by atoms with Crippen molar-refractivity contribution < 1.29 is 14.6 Å². The van der Waals surface area contributed by atoms with Gasteiger partial charge in [-0.3, -0.25) is 4.79 Å². The maximum Gasteiger partial charge on any atom is 0.224 e. The molecule has 0 radical (unpaired) electrons. The minimum Gasteiger partial charge on any atom is -0.508 e. The molecule has 1 aromatic carbocycles. The van der Waals surface area contributed by atoms with Crippen LogP contribution in [0.1, 0.15) is 5.56 Å². The molecule has 1 aromatic rings. The third kappa shape index (κ3) is 4.01. The number of benzene rings is 1. The second-order valence-corrected chi connectivity index (χ2v) is 4.38. The van der Waals surface area contributed by atoms with Crippen LogP contribution in [0.5, 0.6) is 5.75 Å². The lowest BCUT2D eigenvalue weighted by Gasteiger charge is -2.23. The van der Waals surface area contributed by atoms with Crippen LogP contribution in [0.4, 0.5) is 0 Å². The Morgan fingerprint density at radius 1 is 1.56 bits per heavy atom. The fraction of sp³-hybridized carbons (Fsp3) is 0.462. The summed E-state index contributed by atoms with van der Waals surface area (Å²) in [5, 5.41) is 15.4. The first-order valence-electron chi connectivity index (χ1n) is 6.10. The van der Waals surface area contributed by atoms with E-state index < -0.39 is 0 Å². The first-order chi connectivity index (χ1) is 8.74. The van der Waals surface area contributed by atoms with Gasteiger partial charge >= 0.3 is 0 Å². The third-order valence-electron chi connectivity index (χ3n) is 2.82. The van der Waals surface area contributed by atoms with E-state index in [1.807, 2.05) is 6.07 Å². The Morgan fingerprint density at radius 2 is 2.44 bits per heavy atom. The van der Waals surface area contributed by atoms with Gasteiger partial charge in [0.25, 0.3) is 0 Å². The Hall–Kier alpha value is -1.59. The highest BCUT2D eigenvalue weighted by atomic mass is 16.5. The third-order valence-corrected chi connectivity index (χ3v) is 2.82. The fourth-order valence-electron chi connectivity index (χ4n) is 1.90. The van der Waals surface area contributed by atoms with Crippen molar-refractivity contribution in [2.24, 2.45) is 0 Å². The number of hydrogen-bond acceptors (Lipinski definition) is 4. The van der Waals surface area contributed by atoms with Crippen LogP contribution in [0.2, 0.25) is 0 Å². The Balaban J connectivity index is 1.74. The smallest absolute Gasteiger partial charge is 0.224 e. The lowest BCUT2D eigenvalue weighted by molar-refractivity contribution is -0.120. The van der Waals surface area contributed by atoms with Crippen LogP contribution in [0.25, 0.3) is 0 Å². The summed E-state index contributed by atoms with van der Waals surface area (Å²) in [5.41, 5.74) is 0.806. The molecule has 5 nitrogen and oxygen atoms in total. The highest BCUT2D eigenvalue weighted by Gasteiger charge is 2.13. The molecular weight excluding hydrogens is 232 g/mol. The average Bonchev–Trinajstić information content (AvgIpc) is 2.38. The van der Waals surface area contributed by atoms with Gasteiger partial charge in [-0.05, 0) is 17.7 Å². The second-order valence-electron chi connectivity index (χ2n) is 4.38. The predicted octanol–water partition coefficient (Wildman–Crippen LogP) is 0.0393. The van der Waals surface area contributed by atoms with Crippen molar-refractivity contribution in [1.82, 2.24) is 10.6 Å². The number of phenols is 1. The van der Waals surface area contributed by atoms with Crippen LogP contribution in [-0.4, -0.2) is 43.4 Å². The van der Waals surface area contributed by atoms with Crippen LogP contribution in [0.3, 0.4) is 0 Å². The van der Waals surface area contributed by atoms with Crippen molar-refractivity contribution in [3.8, 4) is 5.75 Å². The molecule has 0 aliphatic carbocycles. The number of carbonyl (C=O) groups excluding carboxylic acids is 1. The minimum absolute atomic E-state index is 0.0482.